The SMILES string of the molecule is CCCC(C)C(CC(C)C)C(C)C(C)(C)C. The number of hydrogen-bond donors (Lipinski definition) is 0. The van der Waals surface area contributed by atoms with Crippen LogP contribution < -0.4 is 0 Å². The molecule has 0 rings (SSSR count). The summed E-state index contributed by atoms with van der Waals surface area (Å²) in [7, 11) is 0. The molecule has 16 heavy (non-hydrogen) atoms. The van der Waals surface area contributed by atoms with Gasteiger partial charge in [-0.15, -0.1) is 0 Å². The lowest BCUT2D eigenvalue weighted by atomic mass is 9.67. The van der Waals surface area contributed by atoms with Crippen molar-refractivity contribution < 1.29 is 0 Å². The van der Waals surface area contributed by atoms with Gasteiger partial charge in [0.2, 0.25) is 0 Å². The zero-order valence-electron chi connectivity index (χ0n) is 12.9. The lowest BCUT2D eigenvalue weighted by Gasteiger charge is -2.39. The fourth-order valence-electron chi connectivity index (χ4n) is 2.79. The van der Waals surface area contributed by atoms with E-state index in [-0.39, 0.29) is 0 Å². The van der Waals surface area contributed by atoms with E-state index in [1.807, 2.05) is 0 Å². The largest absolute Gasteiger partial charge is 0.0654 e. The van der Waals surface area contributed by atoms with Crippen molar-refractivity contribution in [2.24, 2.45) is 29.1 Å². The first-order valence-corrected chi connectivity index (χ1v) is 7.20. The number of rotatable bonds is 6. The normalized spacial score (nSPS) is 18.6. The molecule has 0 fully saturated rings. The average molecular weight is 226 g/mol. The highest BCUT2D eigenvalue weighted by atomic mass is 14.4. The van der Waals surface area contributed by atoms with Crippen molar-refractivity contribution in [1.29, 1.82) is 0 Å². The van der Waals surface area contributed by atoms with E-state index >= 15 is 0 Å². The Kier molecular flexibility index (Phi) is 6.67. The molecule has 0 N–H and O–H groups in total. The Morgan fingerprint density at radius 2 is 1.44 bits per heavy atom. The summed E-state index contributed by atoms with van der Waals surface area (Å²) >= 11 is 0. The van der Waals surface area contributed by atoms with Crippen molar-refractivity contribution >= 4 is 0 Å². The van der Waals surface area contributed by atoms with Gasteiger partial charge >= 0.3 is 0 Å². The van der Waals surface area contributed by atoms with Gasteiger partial charge in [0.25, 0.3) is 0 Å². The summed E-state index contributed by atoms with van der Waals surface area (Å²) in [6.45, 7) is 19.1. The van der Waals surface area contributed by atoms with Crippen LogP contribution in [0.2, 0.25) is 0 Å². The van der Waals surface area contributed by atoms with Crippen molar-refractivity contribution in [1.82, 2.24) is 0 Å². The first-order chi connectivity index (χ1) is 7.20. The molecule has 0 aromatic carbocycles. The third kappa shape index (κ3) is 5.37. The standard InChI is InChI=1S/C16H34/c1-9-10-13(4)15(11-12(2)3)14(5)16(6,7)8/h12-15H,9-11H2,1-8H3. The predicted molar refractivity (Wildman–Crippen MR) is 75.6 cm³/mol. The number of hydrogen-bond acceptors (Lipinski definition) is 0. The van der Waals surface area contributed by atoms with Crippen LogP contribution in [0.3, 0.4) is 0 Å². The summed E-state index contributed by atoms with van der Waals surface area (Å²) in [4.78, 5) is 0. The van der Waals surface area contributed by atoms with E-state index in [0.29, 0.717) is 5.41 Å². The summed E-state index contributed by atoms with van der Waals surface area (Å²) in [5.41, 5.74) is 0.446. The molecule has 0 heterocycles. The second kappa shape index (κ2) is 6.67. The zero-order chi connectivity index (χ0) is 12.9. The molecule has 0 aliphatic carbocycles. The third-order valence-electron chi connectivity index (χ3n) is 4.23. The summed E-state index contributed by atoms with van der Waals surface area (Å²) in [5.74, 6) is 3.41. The Labute approximate surface area is 104 Å². The van der Waals surface area contributed by atoms with Crippen LogP contribution in [0.25, 0.3) is 0 Å². The van der Waals surface area contributed by atoms with E-state index in [2.05, 4.69) is 55.4 Å². The summed E-state index contributed by atoms with van der Waals surface area (Å²) in [5, 5.41) is 0. The molecule has 0 amide bonds. The molecule has 0 saturated heterocycles. The third-order valence-corrected chi connectivity index (χ3v) is 4.23. The van der Waals surface area contributed by atoms with Crippen LogP contribution in [-0.2, 0) is 0 Å². The first kappa shape index (κ1) is 16.0. The molecule has 0 spiro atoms. The molecule has 0 radical (unpaired) electrons. The minimum Gasteiger partial charge on any atom is -0.0654 e. The highest BCUT2D eigenvalue weighted by molar-refractivity contribution is 4.81. The van der Waals surface area contributed by atoms with Crippen LogP contribution in [-0.4, -0.2) is 0 Å². The average Bonchev–Trinajstić information content (AvgIpc) is 2.11. The molecule has 0 nitrogen and oxygen atoms in total. The van der Waals surface area contributed by atoms with Crippen LogP contribution in [0, 0.1) is 29.1 Å². The monoisotopic (exact) mass is 226 g/mol. The topological polar surface area (TPSA) is 0 Å². The quantitative estimate of drug-likeness (QED) is 0.539. The van der Waals surface area contributed by atoms with Crippen molar-refractivity contribution in [3.8, 4) is 0 Å². The molecule has 0 bridgehead atoms. The minimum atomic E-state index is 0.446. The Bertz CT molecular complexity index is 173. The molecule has 0 aliphatic heterocycles. The van der Waals surface area contributed by atoms with Crippen LogP contribution in [0.1, 0.15) is 74.7 Å². The van der Waals surface area contributed by atoms with Gasteiger partial charge in [-0.2, -0.15) is 0 Å². The van der Waals surface area contributed by atoms with Gasteiger partial charge in [-0.05, 0) is 35.5 Å². The smallest absolute Gasteiger partial charge is 0.0354 e. The van der Waals surface area contributed by atoms with Gasteiger partial charge in [-0.3, -0.25) is 0 Å². The van der Waals surface area contributed by atoms with Crippen LogP contribution >= 0.6 is 0 Å². The van der Waals surface area contributed by atoms with E-state index in [1.165, 1.54) is 19.3 Å². The second-order valence-electron chi connectivity index (χ2n) is 7.21. The highest BCUT2D eigenvalue weighted by Crippen LogP contribution is 2.40. The van der Waals surface area contributed by atoms with E-state index in [1.54, 1.807) is 0 Å². The maximum absolute atomic E-state index is 2.46. The van der Waals surface area contributed by atoms with Gasteiger partial charge in [0, 0.05) is 0 Å². The van der Waals surface area contributed by atoms with Crippen molar-refractivity contribution in [3.05, 3.63) is 0 Å². The van der Waals surface area contributed by atoms with Gasteiger partial charge in [0.05, 0.1) is 0 Å². The van der Waals surface area contributed by atoms with Crippen molar-refractivity contribution in [3.63, 3.8) is 0 Å². The fraction of sp³-hybridized carbons (Fsp3) is 1.00. The van der Waals surface area contributed by atoms with E-state index < -0.39 is 0 Å². The predicted octanol–water partition coefficient (Wildman–Crippen LogP) is 5.77. The molecule has 0 aliphatic rings. The molecular weight excluding hydrogens is 192 g/mol. The Morgan fingerprint density at radius 1 is 0.938 bits per heavy atom. The zero-order valence-corrected chi connectivity index (χ0v) is 12.9. The highest BCUT2D eigenvalue weighted by Gasteiger charge is 2.31. The molecule has 3 atom stereocenters. The lowest BCUT2D eigenvalue weighted by molar-refractivity contribution is 0.108. The summed E-state index contributed by atoms with van der Waals surface area (Å²) in [6, 6.07) is 0. The Hall–Kier alpha value is 0. The molecule has 0 saturated carbocycles. The molecule has 0 heteroatoms. The van der Waals surface area contributed by atoms with Gasteiger partial charge < -0.3 is 0 Å². The Balaban J connectivity index is 4.65. The molecule has 0 aromatic rings. The molecule has 0 aromatic heterocycles. The minimum absolute atomic E-state index is 0.446. The Morgan fingerprint density at radius 3 is 1.75 bits per heavy atom. The first-order valence-electron chi connectivity index (χ1n) is 7.20. The van der Waals surface area contributed by atoms with Gasteiger partial charge in [-0.1, -0.05) is 68.2 Å². The second-order valence-corrected chi connectivity index (χ2v) is 7.21. The fourth-order valence-corrected chi connectivity index (χ4v) is 2.79. The van der Waals surface area contributed by atoms with Gasteiger partial charge in [0.1, 0.15) is 0 Å². The van der Waals surface area contributed by atoms with Crippen molar-refractivity contribution in [2.75, 3.05) is 0 Å². The maximum atomic E-state index is 2.46. The summed E-state index contributed by atoms with van der Waals surface area (Å²) < 4.78 is 0. The molecular formula is C16H34. The van der Waals surface area contributed by atoms with Gasteiger partial charge in [0.15, 0.2) is 0 Å². The molecule has 3 unspecified atom stereocenters. The van der Waals surface area contributed by atoms with Gasteiger partial charge in [-0.25, -0.2) is 0 Å². The molecule has 98 valence electrons. The van der Waals surface area contributed by atoms with Crippen LogP contribution in [0.15, 0.2) is 0 Å². The lowest BCUT2D eigenvalue weighted by Crippen LogP contribution is -2.31. The van der Waals surface area contributed by atoms with Crippen LogP contribution in [0.4, 0.5) is 0 Å². The van der Waals surface area contributed by atoms with Crippen molar-refractivity contribution in [2.45, 2.75) is 74.7 Å². The van der Waals surface area contributed by atoms with E-state index in [0.717, 1.165) is 23.7 Å². The maximum Gasteiger partial charge on any atom is -0.0354 e. The van der Waals surface area contributed by atoms with E-state index in [9.17, 15) is 0 Å². The van der Waals surface area contributed by atoms with E-state index in [4.69, 9.17) is 0 Å². The van der Waals surface area contributed by atoms with Crippen LogP contribution in [0.5, 0.6) is 0 Å². The summed E-state index contributed by atoms with van der Waals surface area (Å²) in [6.07, 6.45) is 4.10.